The Morgan fingerprint density at radius 1 is 0.966 bits per heavy atom. The molecule has 6 heteroatoms. The first-order valence-electron chi connectivity index (χ1n) is 10.2. The van der Waals surface area contributed by atoms with E-state index in [1.807, 2.05) is 42.2 Å². The van der Waals surface area contributed by atoms with E-state index >= 15 is 0 Å². The summed E-state index contributed by atoms with van der Waals surface area (Å²) >= 11 is 0. The molecule has 0 atom stereocenters. The van der Waals surface area contributed by atoms with Crippen molar-refractivity contribution in [2.45, 2.75) is 25.6 Å². The lowest BCUT2D eigenvalue weighted by molar-refractivity contribution is -0.181. The normalized spacial score (nSPS) is 18.0. The Balaban J connectivity index is 1.48. The number of para-hydroxylation sites is 1. The molecule has 2 aromatic rings. The SMILES string of the molecule is CCN(C(=O)c1cccc(C(=O)N2CCC3(CC2)OCCO3)c1)c1ccccc1. The molecule has 0 saturated carbocycles. The number of carbonyl (C=O) groups is 2. The third-order valence-electron chi connectivity index (χ3n) is 5.61. The van der Waals surface area contributed by atoms with E-state index in [4.69, 9.17) is 9.47 Å². The molecule has 2 heterocycles. The number of rotatable bonds is 4. The van der Waals surface area contributed by atoms with Gasteiger partial charge in [0.25, 0.3) is 11.8 Å². The van der Waals surface area contributed by atoms with Crippen molar-refractivity contribution in [3.63, 3.8) is 0 Å². The van der Waals surface area contributed by atoms with Gasteiger partial charge in [0.15, 0.2) is 5.79 Å². The highest BCUT2D eigenvalue weighted by molar-refractivity contribution is 6.07. The zero-order valence-electron chi connectivity index (χ0n) is 16.7. The van der Waals surface area contributed by atoms with Crippen LogP contribution in [0.15, 0.2) is 54.6 Å². The van der Waals surface area contributed by atoms with Gasteiger partial charge in [0.05, 0.1) is 13.2 Å². The summed E-state index contributed by atoms with van der Waals surface area (Å²) in [5.41, 5.74) is 1.89. The smallest absolute Gasteiger partial charge is 0.258 e. The molecule has 0 radical (unpaired) electrons. The van der Waals surface area contributed by atoms with Crippen LogP contribution in [-0.4, -0.2) is 55.3 Å². The Hall–Kier alpha value is -2.70. The van der Waals surface area contributed by atoms with Gasteiger partial charge in [-0.15, -0.1) is 0 Å². The van der Waals surface area contributed by atoms with E-state index < -0.39 is 5.79 Å². The van der Waals surface area contributed by atoms with Crippen LogP contribution in [0.5, 0.6) is 0 Å². The van der Waals surface area contributed by atoms with E-state index in [1.54, 1.807) is 29.2 Å². The lowest BCUT2D eigenvalue weighted by Crippen LogP contribution is -2.47. The summed E-state index contributed by atoms with van der Waals surface area (Å²) in [6.45, 7) is 4.90. The van der Waals surface area contributed by atoms with Crippen LogP contribution >= 0.6 is 0 Å². The molecule has 2 fully saturated rings. The molecule has 2 aromatic carbocycles. The number of carbonyl (C=O) groups excluding carboxylic acids is 2. The summed E-state index contributed by atoms with van der Waals surface area (Å²) in [7, 11) is 0. The molecule has 0 aliphatic carbocycles. The third kappa shape index (κ3) is 4.04. The minimum atomic E-state index is -0.508. The maximum absolute atomic E-state index is 13.1. The van der Waals surface area contributed by atoms with Crippen molar-refractivity contribution >= 4 is 17.5 Å². The van der Waals surface area contributed by atoms with E-state index in [0.717, 1.165) is 5.69 Å². The van der Waals surface area contributed by atoms with Crippen molar-refractivity contribution in [3.8, 4) is 0 Å². The number of hydrogen-bond donors (Lipinski definition) is 0. The Kier molecular flexibility index (Phi) is 5.65. The van der Waals surface area contributed by atoms with Gasteiger partial charge in [0, 0.05) is 49.3 Å². The van der Waals surface area contributed by atoms with Crippen LogP contribution in [0.1, 0.15) is 40.5 Å². The fourth-order valence-electron chi connectivity index (χ4n) is 4.01. The number of likely N-dealkylation sites (tertiary alicyclic amines) is 1. The third-order valence-corrected chi connectivity index (χ3v) is 5.61. The van der Waals surface area contributed by atoms with Gasteiger partial charge in [-0.1, -0.05) is 24.3 Å². The van der Waals surface area contributed by atoms with Gasteiger partial charge in [-0.05, 0) is 37.3 Å². The molecular weight excluding hydrogens is 368 g/mol. The minimum absolute atomic E-state index is 0.0599. The van der Waals surface area contributed by atoms with Gasteiger partial charge in [0.2, 0.25) is 0 Å². The second-order valence-electron chi connectivity index (χ2n) is 7.37. The number of amides is 2. The predicted molar refractivity (Wildman–Crippen MR) is 110 cm³/mol. The molecule has 0 N–H and O–H groups in total. The molecule has 2 amide bonds. The Labute approximate surface area is 171 Å². The van der Waals surface area contributed by atoms with Crippen molar-refractivity contribution in [1.29, 1.82) is 0 Å². The molecule has 6 nitrogen and oxygen atoms in total. The van der Waals surface area contributed by atoms with E-state index in [9.17, 15) is 9.59 Å². The summed E-state index contributed by atoms with van der Waals surface area (Å²) in [4.78, 5) is 29.6. The average Bonchev–Trinajstić information content (AvgIpc) is 3.23. The molecule has 0 aromatic heterocycles. The Morgan fingerprint density at radius 3 is 2.28 bits per heavy atom. The lowest BCUT2D eigenvalue weighted by Gasteiger charge is -2.37. The molecule has 2 aliphatic heterocycles. The lowest BCUT2D eigenvalue weighted by atomic mass is 10.0. The van der Waals surface area contributed by atoms with Gasteiger partial charge in [-0.3, -0.25) is 9.59 Å². The summed E-state index contributed by atoms with van der Waals surface area (Å²) in [5.74, 6) is -0.680. The monoisotopic (exact) mass is 394 g/mol. The van der Waals surface area contributed by atoms with Crippen LogP contribution in [0.4, 0.5) is 5.69 Å². The van der Waals surface area contributed by atoms with Gasteiger partial charge < -0.3 is 19.3 Å². The zero-order valence-corrected chi connectivity index (χ0v) is 16.7. The first-order chi connectivity index (χ1) is 14.1. The molecular formula is C23H26N2O4. The highest BCUT2D eigenvalue weighted by Gasteiger charge is 2.40. The molecule has 0 bridgehead atoms. The van der Waals surface area contributed by atoms with E-state index in [1.165, 1.54) is 0 Å². The molecule has 4 rings (SSSR count). The van der Waals surface area contributed by atoms with Crippen LogP contribution in [-0.2, 0) is 9.47 Å². The first kappa shape index (κ1) is 19.6. The van der Waals surface area contributed by atoms with Crippen molar-refractivity contribution in [3.05, 3.63) is 65.7 Å². The van der Waals surface area contributed by atoms with Crippen LogP contribution in [0.25, 0.3) is 0 Å². The minimum Gasteiger partial charge on any atom is -0.347 e. The Bertz CT molecular complexity index is 867. The average molecular weight is 394 g/mol. The predicted octanol–water partition coefficient (Wildman–Crippen LogP) is 3.33. The highest BCUT2D eigenvalue weighted by Crippen LogP contribution is 2.31. The van der Waals surface area contributed by atoms with Gasteiger partial charge in [0.1, 0.15) is 0 Å². The van der Waals surface area contributed by atoms with Crippen molar-refractivity contribution in [1.82, 2.24) is 4.90 Å². The second-order valence-corrected chi connectivity index (χ2v) is 7.37. The Morgan fingerprint density at radius 2 is 1.62 bits per heavy atom. The first-order valence-corrected chi connectivity index (χ1v) is 10.2. The number of benzene rings is 2. The molecule has 2 aliphatic rings. The number of nitrogens with zero attached hydrogens (tertiary/aromatic N) is 2. The molecule has 1 spiro atoms. The second kappa shape index (κ2) is 8.35. The van der Waals surface area contributed by atoms with Crippen LogP contribution in [0.3, 0.4) is 0 Å². The molecule has 152 valence electrons. The largest absolute Gasteiger partial charge is 0.347 e. The molecule has 2 saturated heterocycles. The fourth-order valence-corrected chi connectivity index (χ4v) is 4.01. The van der Waals surface area contributed by atoms with E-state index in [0.29, 0.717) is 56.8 Å². The van der Waals surface area contributed by atoms with Crippen molar-refractivity contribution < 1.29 is 19.1 Å². The van der Waals surface area contributed by atoms with Crippen molar-refractivity contribution in [2.24, 2.45) is 0 Å². The maximum atomic E-state index is 13.1. The number of hydrogen-bond acceptors (Lipinski definition) is 4. The maximum Gasteiger partial charge on any atom is 0.258 e. The number of ether oxygens (including phenoxy) is 2. The van der Waals surface area contributed by atoms with Gasteiger partial charge in [-0.25, -0.2) is 0 Å². The topological polar surface area (TPSA) is 59.1 Å². The highest BCUT2D eigenvalue weighted by atomic mass is 16.7. The summed E-state index contributed by atoms with van der Waals surface area (Å²) in [6, 6.07) is 16.6. The quantitative estimate of drug-likeness (QED) is 0.798. The van der Waals surface area contributed by atoms with Crippen LogP contribution in [0, 0.1) is 0 Å². The van der Waals surface area contributed by atoms with Gasteiger partial charge >= 0.3 is 0 Å². The number of piperidine rings is 1. The summed E-state index contributed by atoms with van der Waals surface area (Å²) in [5, 5.41) is 0. The van der Waals surface area contributed by atoms with Crippen LogP contribution < -0.4 is 4.90 Å². The number of anilines is 1. The standard InChI is InChI=1S/C23H26N2O4/c1-2-25(20-9-4-3-5-10-20)22(27)19-8-6-7-18(17-19)21(26)24-13-11-23(12-14-24)28-15-16-29-23/h3-10,17H,2,11-16H2,1H3. The van der Waals surface area contributed by atoms with Gasteiger partial charge in [-0.2, -0.15) is 0 Å². The fraction of sp³-hybridized carbons (Fsp3) is 0.391. The van der Waals surface area contributed by atoms with Crippen LogP contribution in [0.2, 0.25) is 0 Å². The van der Waals surface area contributed by atoms with Crippen molar-refractivity contribution in [2.75, 3.05) is 37.7 Å². The zero-order chi connectivity index (χ0) is 20.3. The van der Waals surface area contributed by atoms with E-state index in [2.05, 4.69) is 0 Å². The molecule has 0 unspecified atom stereocenters. The summed E-state index contributed by atoms with van der Waals surface area (Å²) < 4.78 is 11.5. The molecule has 29 heavy (non-hydrogen) atoms. The van der Waals surface area contributed by atoms with E-state index in [-0.39, 0.29) is 11.8 Å². The summed E-state index contributed by atoms with van der Waals surface area (Å²) in [6.07, 6.45) is 1.35.